The number of nitrogens with two attached hydrogens (primary N) is 1. The smallest absolute Gasteiger partial charge is 0.00772 e. The van der Waals surface area contributed by atoms with Gasteiger partial charge in [0.2, 0.25) is 0 Å². The first-order chi connectivity index (χ1) is 8.19. The molecule has 0 heterocycles. The molecule has 4 atom stereocenters. The van der Waals surface area contributed by atoms with Crippen molar-refractivity contribution in [1.82, 2.24) is 0 Å². The van der Waals surface area contributed by atoms with E-state index in [1.54, 1.807) is 0 Å². The molecule has 0 aliphatic heterocycles. The van der Waals surface area contributed by atoms with Crippen molar-refractivity contribution in [3.8, 4) is 0 Å². The molecular formula is C16H33N. The van der Waals surface area contributed by atoms with Crippen LogP contribution in [0.2, 0.25) is 0 Å². The van der Waals surface area contributed by atoms with Crippen LogP contribution < -0.4 is 5.73 Å². The highest BCUT2D eigenvalue weighted by molar-refractivity contribution is 4.83. The topological polar surface area (TPSA) is 26.0 Å². The van der Waals surface area contributed by atoms with Crippen molar-refractivity contribution in [2.75, 3.05) is 6.54 Å². The van der Waals surface area contributed by atoms with Crippen LogP contribution in [-0.4, -0.2) is 6.54 Å². The SMILES string of the molecule is CCCC(C)CCC1CCC(C)C1CCCN. The lowest BCUT2D eigenvalue weighted by Gasteiger charge is -2.24. The predicted octanol–water partition coefficient (Wildman–Crippen LogP) is 4.60. The molecule has 1 heteroatoms. The normalized spacial score (nSPS) is 30.7. The second-order valence-electron chi connectivity index (χ2n) is 6.38. The maximum absolute atomic E-state index is 5.66. The Labute approximate surface area is 109 Å². The molecule has 0 radical (unpaired) electrons. The van der Waals surface area contributed by atoms with E-state index in [0.717, 1.165) is 30.2 Å². The summed E-state index contributed by atoms with van der Waals surface area (Å²) >= 11 is 0. The van der Waals surface area contributed by atoms with E-state index in [0.29, 0.717) is 0 Å². The van der Waals surface area contributed by atoms with Crippen molar-refractivity contribution in [1.29, 1.82) is 0 Å². The minimum absolute atomic E-state index is 0.877. The molecule has 1 nitrogen and oxygen atoms in total. The van der Waals surface area contributed by atoms with Gasteiger partial charge in [-0.1, -0.05) is 46.5 Å². The first-order valence-electron chi connectivity index (χ1n) is 7.89. The van der Waals surface area contributed by atoms with Crippen LogP contribution >= 0.6 is 0 Å². The van der Waals surface area contributed by atoms with E-state index in [2.05, 4.69) is 20.8 Å². The van der Waals surface area contributed by atoms with Crippen molar-refractivity contribution >= 4 is 0 Å². The summed E-state index contributed by atoms with van der Waals surface area (Å²) in [5.74, 6) is 3.88. The van der Waals surface area contributed by atoms with Crippen LogP contribution in [0.3, 0.4) is 0 Å². The van der Waals surface area contributed by atoms with Crippen LogP contribution in [0.4, 0.5) is 0 Å². The number of hydrogen-bond acceptors (Lipinski definition) is 1. The van der Waals surface area contributed by atoms with E-state index in [-0.39, 0.29) is 0 Å². The van der Waals surface area contributed by atoms with Gasteiger partial charge >= 0.3 is 0 Å². The van der Waals surface area contributed by atoms with Crippen molar-refractivity contribution in [3.63, 3.8) is 0 Å². The summed E-state index contributed by atoms with van der Waals surface area (Å²) in [5.41, 5.74) is 5.66. The quantitative estimate of drug-likeness (QED) is 0.658. The highest BCUT2D eigenvalue weighted by atomic mass is 14.5. The molecule has 17 heavy (non-hydrogen) atoms. The van der Waals surface area contributed by atoms with Crippen LogP contribution in [-0.2, 0) is 0 Å². The van der Waals surface area contributed by atoms with Crippen LogP contribution in [0.15, 0.2) is 0 Å². The zero-order chi connectivity index (χ0) is 12.7. The molecule has 1 saturated carbocycles. The summed E-state index contributed by atoms with van der Waals surface area (Å²) in [4.78, 5) is 0. The minimum Gasteiger partial charge on any atom is -0.330 e. The average Bonchev–Trinajstić information content (AvgIpc) is 2.65. The standard InChI is InChI=1S/C16H33N/c1-4-6-13(2)8-10-15-11-9-14(3)16(15)7-5-12-17/h13-16H,4-12,17H2,1-3H3. The number of hydrogen-bond donors (Lipinski definition) is 1. The third kappa shape index (κ3) is 4.99. The summed E-state index contributed by atoms with van der Waals surface area (Å²) in [6.45, 7) is 8.06. The Kier molecular flexibility index (Phi) is 7.18. The average molecular weight is 239 g/mol. The maximum Gasteiger partial charge on any atom is -0.00772 e. The van der Waals surface area contributed by atoms with Crippen LogP contribution in [0.25, 0.3) is 0 Å². The highest BCUT2D eigenvalue weighted by Gasteiger charge is 2.32. The first-order valence-corrected chi connectivity index (χ1v) is 7.89. The van der Waals surface area contributed by atoms with Crippen molar-refractivity contribution in [2.45, 2.75) is 72.1 Å². The maximum atomic E-state index is 5.66. The third-order valence-electron chi connectivity index (χ3n) is 4.88. The van der Waals surface area contributed by atoms with Crippen molar-refractivity contribution in [2.24, 2.45) is 29.4 Å². The molecular weight excluding hydrogens is 206 g/mol. The van der Waals surface area contributed by atoms with Crippen molar-refractivity contribution < 1.29 is 0 Å². The third-order valence-corrected chi connectivity index (χ3v) is 4.88. The molecule has 0 aromatic heterocycles. The molecule has 1 aliphatic carbocycles. The largest absolute Gasteiger partial charge is 0.330 e. The van der Waals surface area contributed by atoms with E-state index in [1.807, 2.05) is 0 Å². The van der Waals surface area contributed by atoms with Gasteiger partial charge in [0, 0.05) is 0 Å². The van der Waals surface area contributed by atoms with Crippen LogP contribution in [0.5, 0.6) is 0 Å². The van der Waals surface area contributed by atoms with Gasteiger partial charge < -0.3 is 5.73 Å². The Bertz CT molecular complexity index is 190. The van der Waals surface area contributed by atoms with E-state index in [9.17, 15) is 0 Å². The van der Waals surface area contributed by atoms with Gasteiger partial charge in [-0.15, -0.1) is 0 Å². The lowest BCUT2D eigenvalue weighted by atomic mass is 9.82. The van der Waals surface area contributed by atoms with E-state index in [1.165, 1.54) is 51.4 Å². The van der Waals surface area contributed by atoms with E-state index >= 15 is 0 Å². The fraction of sp³-hybridized carbons (Fsp3) is 1.00. The Morgan fingerprint density at radius 3 is 2.59 bits per heavy atom. The Balaban J connectivity index is 2.30. The predicted molar refractivity (Wildman–Crippen MR) is 77.0 cm³/mol. The molecule has 0 saturated heterocycles. The van der Waals surface area contributed by atoms with Gasteiger partial charge in [0.05, 0.1) is 0 Å². The Morgan fingerprint density at radius 1 is 1.18 bits per heavy atom. The molecule has 1 fully saturated rings. The lowest BCUT2D eigenvalue weighted by Crippen LogP contribution is -2.16. The molecule has 0 amide bonds. The van der Waals surface area contributed by atoms with Crippen LogP contribution in [0.1, 0.15) is 72.1 Å². The Hall–Kier alpha value is -0.0400. The summed E-state index contributed by atoms with van der Waals surface area (Å²) in [7, 11) is 0. The fourth-order valence-corrected chi connectivity index (χ4v) is 3.74. The van der Waals surface area contributed by atoms with Gasteiger partial charge in [0.15, 0.2) is 0 Å². The van der Waals surface area contributed by atoms with E-state index < -0.39 is 0 Å². The van der Waals surface area contributed by atoms with Gasteiger partial charge in [0.1, 0.15) is 0 Å². The zero-order valence-electron chi connectivity index (χ0n) is 12.3. The van der Waals surface area contributed by atoms with Gasteiger partial charge in [-0.05, 0) is 55.9 Å². The van der Waals surface area contributed by atoms with Gasteiger partial charge in [-0.3, -0.25) is 0 Å². The molecule has 0 spiro atoms. The van der Waals surface area contributed by atoms with E-state index in [4.69, 9.17) is 5.73 Å². The second kappa shape index (κ2) is 8.13. The summed E-state index contributed by atoms with van der Waals surface area (Å²) in [6, 6.07) is 0. The summed E-state index contributed by atoms with van der Waals surface area (Å²) < 4.78 is 0. The molecule has 0 bridgehead atoms. The molecule has 1 rings (SSSR count). The zero-order valence-corrected chi connectivity index (χ0v) is 12.3. The molecule has 0 aromatic rings. The van der Waals surface area contributed by atoms with Crippen molar-refractivity contribution in [3.05, 3.63) is 0 Å². The number of rotatable bonds is 8. The minimum atomic E-state index is 0.877. The van der Waals surface area contributed by atoms with Gasteiger partial charge in [-0.25, -0.2) is 0 Å². The first kappa shape index (κ1) is 15.0. The van der Waals surface area contributed by atoms with Gasteiger partial charge in [-0.2, -0.15) is 0 Å². The second-order valence-corrected chi connectivity index (χ2v) is 6.38. The molecule has 0 aromatic carbocycles. The van der Waals surface area contributed by atoms with Crippen LogP contribution in [0, 0.1) is 23.7 Å². The summed E-state index contributed by atoms with van der Waals surface area (Å²) in [5, 5.41) is 0. The molecule has 4 unspecified atom stereocenters. The monoisotopic (exact) mass is 239 g/mol. The molecule has 1 aliphatic rings. The lowest BCUT2D eigenvalue weighted by molar-refractivity contribution is 0.269. The Morgan fingerprint density at radius 2 is 1.94 bits per heavy atom. The molecule has 102 valence electrons. The highest BCUT2D eigenvalue weighted by Crippen LogP contribution is 2.42. The molecule has 2 N–H and O–H groups in total. The summed E-state index contributed by atoms with van der Waals surface area (Å²) in [6.07, 6.45) is 11.2. The van der Waals surface area contributed by atoms with Gasteiger partial charge in [0.25, 0.3) is 0 Å². The fourth-order valence-electron chi connectivity index (χ4n) is 3.74.